The van der Waals surface area contributed by atoms with Gasteiger partial charge in [0.25, 0.3) is 5.91 Å². The minimum absolute atomic E-state index is 0.0365. The Hall–Kier alpha value is -3.35. The summed E-state index contributed by atoms with van der Waals surface area (Å²) in [6, 6.07) is 14.8. The molecule has 7 heteroatoms. The molecular weight excluding hydrogens is 474 g/mol. The summed E-state index contributed by atoms with van der Waals surface area (Å²) < 4.78 is 0. The maximum Gasteiger partial charge on any atom is 0.274 e. The molecule has 4 aromatic rings. The lowest BCUT2D eigenvalue weighted by molar-refractivity contribution is 0.0972. The molecule has 1 aliphatic heterocycles. The van der Waals surface area contributed by atoms with Crippen LogP contribution >= 0.6 is 11.6 Å². The molecule has 0 radical (unpaired) electrons. The number of nitrogens with one attached hydrogen (secondary N) is 1. The van der Waals surface area contributed by atoms with Gasteiger partial charge >= 0.3 is 0 Å². The zero-order valence-corrected chi connectivity index (χ0v) is 21.5. The molecule has 0 saturated carbocycles. The number of alkyl halides is 1. The number of H-pyrrole nitrogens is 1. The van der Waals surface area contributed by atoms with E-state index >= 15 is 0 Å². The van der Waals surface area contributed by atoms with E-state index in [1.54, 1.807) is 17.0 Å². The van der Waals surface area contributed by atoms with Crippen LogP contribution in [0.3, 0.4) is 0 Å². The van der Waals surface area contributed by atoms with Crippen LogP contribution in [0.4, 0.5) is 5.69 Å². The molecule has 2 N–H and O–H groups in total. The van der Waals surface area contributed by atoms with Crippen LogP contribution in [-0.4, -0.2) is 59.7 Å². The Morgan fingerprint density at radius 1 is 1.17 bits per heavy atom. The van der Waals surface area contributed by atoms with Gasteiger partial charge in [0.2, 0.25) is 0 Å². The van der Waals surface area contributed by atoms with Gasteiger partial charge in [-0.15, -0.1) is 11.6 Å². The van der Waals surface area contributed by atoms with E-state index in [1.807, 2.05) is 57.4 Å². The van der Waals surface area contributed by atoms with Gasteiger partial charge in [0.05, 0.1) is 5.69 Å². The van der Waals surface area contributed by atoms with Crippen LogP contribution < -0.4 is 4.90 Å². The number of aryl methyl sites for hydroxylation is 1. The zero-order chi connectivity index (χ0) is 25.6. The van der Waals surface area contributed by atoms with Crippen molar-refractivity contribution >= 4 is 50.7 Å². The number of amides is 1. The van der Waals surface area contributed by atoms with Gasteiger partial charge in [-0.05, 0) is 74.8 Å². The minimum atomic E-state index is -0.189. The van der Waals surface area contributed by atoms with Crippen LogP contribution in [0.2, 0.25) is 0 Å². The van der Waals surface area contributed by atoms with Crippen molar-refractivity contribution in [2.45, 2.75) is 25.7 Å². The number of phenols is 1. The van der Waals surface area contributed by atoms with Crippen LogP contribution in [0.5, 0.6) is 5.75 Å². The van der Waals surface area contributed by atoms with Crippen LogP contribution in [0.1, 0.15) is 50.7 Å². The number of ketones is 1. The number of aromatic nitrogens is 1. The Morgan fingerprint density at radius 2 is 1.97 bits per heavy atom. The minimum Gasteiger partial charge on any atom is -0.507 e. The van der Waals surface area contributed by atoms with Crippen LogP contribution in [0.25, 0.3) is 21.7 Å². The number of fused-ring (bicyclic) bond motifs is 4. The largest absolute Gasteiger partial charge is 0.507 e. The van der Waals surface area contributed by atoms with E-state index < -0.39 is 0 Å². The second kappa shape index (κ2) is 9.60. The normalized spacial score (nSPS) is 15.2. The summed E-state index contributed by atoms with van der Waals surface area (Å²) in [5, 5.41) is 13.3. The Kier molecular flexibility index (Phi) is 6.49. The molecule has 2 heterocycles. The third-order valence-corrected chi connectivity index (χ3v) is 7.46. The third kappa shape index (κ3) is 4.25. The molecule has 0 spiro atoms. The summed E-state index contributed by atoms with van der Waals surface area (Å²) in [4.78, 5) is 33.3. The van der Waals surface area contributed by atoms with Crippen molar-refractivity contribution < 1.29 is 14.7 Å². The van der Waals surface area contributed by atoms with Gasteiger partial charge in [-0.2, -0.15) is 0 Å². The Balaban J connectivity index is 1.48. The lowest BCUT2D eigenvalue weighted by atomic mass is 9.92. The number of hydrogen-bond donors (Lipinski definition) is 2. The van der Waals surface area contributed by atoms with E-state index in [0.717, 1.165) is 45.8 Å². The van der Waals surface area contributed by atoms with E-state index in [1.165, 1.54) is 0 Å². The quantitative estimate of drug-likeness (QED) is 0.245. The van der Waals surface area contributed by atoms with Crippen LogP contribution in [0, 0.1) is 6.92 Å². The molecule has 6 nitrogen and oxygen atoms in total. The highest BCUT2D eigenvalue weighted by molar-refractivity contribution is 6.19. The first kappa shape index (κ1) is 24.3. The summed E-state index contributed by atoms with van der Waals surface area (Å²) in [7, 11) is 3.99. The van der Waals surface area contributed by atoms with E-state index in [4.69, 9.17) is 11.6 Å². The summed E-state index contributed by atoms with van der Waals surface area (Å²) in [5.74, 6) is 0.395. The topological polar surface area (TPSA) is 76.6 Å². The maximum atomic E-state index is 13.7. The standard InChI is InChI=1S/C29H30ClN3O3/c1-17-6-4-7-21-26(35)14-24-28(27(17)21)20(15-30)16-33(24)29(36)23-13-19-12-18(9-10-22(19)31-23)25(34)8-5-11-32(2)3/h4,6-7,9-10,12-14,20,31,35H,5,8,11,15-16H2,1-3H3/t20-/m1/s1. The van der Waals surface area contributed by atoms with Gasteiger partial charge in [-0.25, -0.2) is 0 Å². The number of nitrogens with zero attached hydrogens (tertiary/aromatic N) is 2. The molecule has 1 atom stereocenters. The van der Waals surface area contributed by atoms with E-state index in [0.29, 0.717) is 35.8 Å². The predicted octanol–water partition coefficient (Wildman–Crippen LogP) is 5.84. The third-order valence-electron chi connectivity index (χ3n) is 7.08. The van der Waals surface area contributed by atoms with Crippen molar-refractivity contribution in [2.24, 2.45) is 0 Å². The van der Waals surface area contributed by atoms with Gasteiger partial charge < -0.3 is 19.9 Å². The Bertz CT molecular complexity index is 1490. The number of aromatic amines is 1. The van der Waals surface area contributed by atoms with E-state index in [2.05, 4.69) is 9.88 Å². The lowest BCUT2D eigenvalue weighted by Gasteiger charge is -2.18. The molecule has 3 aromatic carbocycles. The average Bonchev–Trinajstić information content (AvgIpc) is 3.44. The first-order valence-electron chi connectivity index (χ1n) is 12.2. The highest BCUT2D eigenvalue weighted by Gasteiger charge is 2.35. The van der Waals surface area contributed by atoms with Gasteiger partial charge in [0, 0.05) is 52.7 Å². The van der Waals surface area contributed by atoms with Gasteiger partial charge in [0.15, 0.2) is 5.78 Å². The monoisotopic (exact) mass is 503 g/mol. The van der Waals surface area contributed by atoms with Crippen molar-refractivity contribution in [3.63, 3.8) is 0 Å². The lowest BCUT2D eigenvalue weighted by Crippen LogP contribution is -2.30. The molecule has 0 unspecified atom stereocenters. The number of carbonyl (C=O) groups is 2. The van der Waals surface area contributed by atoms with Crippen LogP contribution in [-0.2, 0) is 0 Å². The predicted molar refractivity (Wildman–Crippen MR) is 146 cm³/mol. The van der Waals surface area contributed by atoms with E-state index in [-0.39, 0.29) is 23.4 Å². The number of aromatic hydroxyl groups is 1. The summed E-state index contributed by atoms with van der Waals surface area (Å²) >= 11 is 6.37. The fourth-order valence-electron chi connectivity index (χ4n) is 5.28. The smallest absolute Gasteiger partial charge is 0.274 e. The van der Waals surface area contributed by atoms with Gasteiger partial charge in [0.1, 0.15) is 11.4 Å². The van der Waals surface area contributed by atoms with Gasteiger partial charge in [-0.3, -0.25) is 9.59 Å². The Morgan fingerprint density at radius 3 is 2.72 bits per heavy atom. The van der Waals surface area contributed by atoms with Crippen molar-refractivity contribution in [1.29, 1.82) is 0 Å². The van der Waals surface area contributed by atoms with Crippen molar-refractivity contribution in [2.75, 3.05) is 38.0 Å². The average molecular weight is 504 g/mol. The molecule has 0 bridgehead atoms. The molecular formula is C29H30ClN3O3. The number of phenolic OH excluding ortho intramolecular Hbond substituents is 1. The van der Waals surface area contributed by atoms with E-state index in [9.17, 15) is 14.7 Å². The van der Waals surface area contributed by atoms with Crippen molar-refractivity contribution in [3.05, 3.63) is 70.9 Å². The Labute approximate surface area is 215 Å². The SMILES string of the molecule is Cc1cccc2c(O)cc3c(c12)[C@H](CCl)CN3C(=O)c1cc2cc(C(=O)CCCN(C)C)ccc2[nH]1. The van der Waals surface area contributed by atoms with Crippen molar-refractivity contribution in [3.8, 4) is 5.75 Å². The number of halogens is 1. The van der Waals surface area contributed by atoms with Crippen LogP contribution in [0.15, 0.2) is 48.5 Å². The number of benzene rings is 3. The fraction of sp³-hybridized carbons (Fsp3) is 0.310. The number of rotatable bonds is 7. The summed E-state index contributed by atoms with van der Waals surface area (Å²) in [5.41, 5.74) is 4.63. The molecule has 0 saturated heterocycles. The highest BCUT2D eigenvalue weighted by Crippen LogP contribution is 2.46. The van der Waals surface area contributed by atoms with Gasteiger partial charge in [-0.1, -0.05) is 18.2 Å². The second-order valence-corrected chi connectivity index (χ2v) is 10.2. The number of carbonyl (C=O) groups excluding carboxylic acids is 2. The number of hydrogen-bond acceptors (Lipinski definition) is 4. The first-order chi connectivity index (χ1) is 17.3. The number of Topliss-reactive ketones (excluding diaryl/α,β-unsaturated/α-hetero) is 1. The summed E-state index contributed by atoms with van der Waals surface area (Å²) in [6.45, 7) is 3.31. The fourth-order valence-corrected chi connectivity index (χ4v) is 5.54. The molecule has 0 fully saturated rings. The summed E-state index contributed by atoms with van der Waals surface area (Å²) in [6.07, 6.45) is 1.29. The molecule has 1 amide bonds. The molecule has 1 aliphatic rings. The maximum absolute atomic E-state index is 13.7. The zero-order valence-electron chi connectivity index (χ0n) is 20.8. The number of anilines is 1. The second-order valence-electron chi connectivity index (χ2n) is 9.91. The molecule has 5 rings (SSSR count). The molecule has 1 aromatic heterocycles. The highest BCUT2D eigenvalue weighted by atomic mass is 35.5. The molecule has 186 valence electrons. The molecule has 0 aliphatic carbocycles. The molecule has 36 heavy (non-hydrogen) atoms. The van der Waals surface area contributed by atoms with Crippen molar-refractivity contribution in [1.82, 2.24) is 9.88 Å². The first-order valence-corrected chi connectivity index (χ1v) is 12.8.